The normalized spacial score (nSPS) is 12.5. The van der Waals surface area contributed by atoms with Gasteiger partial charge in [0.1, 0.15) is 11.6 Å². The summed E-state index contributed by atoms with van der Waals surface area (Å²) in [4.78, 5) is 15.7. The van der Waals surface area contributed by atoms with Gasteiger partial charge in [0.2, 0.25) is 0 Å². The molecule has 0 fully saturated rings. The molecule has 0 saturated heterocycles. The van der Waals surface area contributed by atoms with Gasteiger partial charge in [0.25, 0.3) is 0 Å². The van der Waals surface area contributed by atoms with Gasteiger partial charge in [-0.25, -0.2) is 9.78 Å². The van der Waals surface area contributed by atoms with E-state index in [1.54, 1.807) is 11.7 Å². The molecule has 1 unspecified atom stereocenters. The van der Waals surface area contributed by atoms with Gasteiger partial charge in [-0.05, 0) is 6.92 Å². The molecule has 0 radical (unpaired) electrons. The summed E-state index contributed by atoms with van der Waals surface area (Å²) >= 11 is 0. The third-order valence-electron chi connectivity index (χ3n) is 2.62. The number of imidazole rings is 1. The fourth-order valence-corrected chi connectivity index (χ4v) is 1.57. The van der Waals surface area contributed by atoms with Gasteiger partial charge in [-0.15, -0.1) is 0 Å². The van der Waals surface area contributed by atoms with E-state index < -0.39 is 5.97 Å². The van der Waals surface area contributed by atoms with E-state index in [1.165, 1.54) is 7.11 Å². The topological polar surface area (TPSA) is 79.4 Å². The number of hydrogen-bond acceptors (Lipinski definition) is 5. The standard InChI is InChI=1S/C11H19N3O3/c1-5-8-13-9(11(15)17-4)10(12)14(8)6-7(2)16-3/h7H,5-6,12H2,1-4H3. The van der Waals surface area contributed by atoms with E-state index in [-0.39, 0.29) is 11.8 Å². The molecular weight excluding hydrogens is 222 g/mol. The van der Waals surface area contributed by atoms with Crippen LogP contribution in [0.3, 0.4) is 0 Å². The molecule has 0 aliphatic heterocycles. The molecule has 0 aliphatic carbocycles. The van der Waals surface area contributed by atoms with Crippen molar-refractivity contribution < 1.29 is 14.3 Å². The Balaban J connectivity index is 3.10. The first kappa shape index (κ1) is 13.5. The van der Waals surface area contributed by atoms with Gasteiger partial charge in [0.05, 0.1) is 19.8 Å². The van der Waals surface area contributed by atoms with Crippen molar-refractivity contribution in [2.24, 2.45) is 0 Å². The lowest BCUT2D eigenvalue weighted by Crippen LogP contribution is -2.18. The van der Waals surface area contributed by atoms with E-state index in [0.29, 0.717) is 18.8 Å². The number of rotatable bonds is 5. The monoisotopic (exact) mass is 241 g/mol. The van der Waals surface area contributed by atoms with Gasteiger partial charge < -0.3 is 19.8 Å². The molecule has 0 aliphatic rings. The second-order valence-electron chi connectivity index (χ2n) is 3.76. The van der Waals surface area contributed by atoms with Crippen LogP contribution in [0.2, 0.25) is 0 Å². The number of esters is 1. The molecular formula is C11H19N3O3. The first-order valence-electron chi connectivity index (χ1n) is 5.51. The van der Waals surface area contributed by atoms with Crippen LogP contribution in [0.1, 0.15) is 30.2 Å². The van der Waals surface area contributed by atoms with Crippen molar-refractivity contribution in [1.29, 1.82) is 0 Å². The van der Waals surface area contributed by atoms with Gasteiger partial charge in [0, 0.05) is 13.5 Å². The highest BCUT2D eigenvalue weighted by molar-refractivity contribution is 5.92. The first-order valence-corrected chi connectivity index (χ1v) is 5.51. The summed E-state index contributed by atoms with van der Waals surface area (Å²) in [5, 5.41) is 0. The molecule has 2 N–H and O–H groups in total. The number of methoxy groups -OCH3 is 2. The Hall–Kier alpha value is -1.56. The summed E-state index contributed by atoms with van der Waals surface area (Å²) in [5.74, 6) is 0.574. The van der Waals surface area contributed by atoms with Crippen molar-refractivity contribution in [3.63, 3.8) is 0 Å². The molecule has 1 aromatic rings. The van der Waals surface area contributed by atoms with E-state index in [0.717, 1.165) is 5.82 Å². The van der Waals surface area contributed by atoms with Crippen LogP contribution >= 0.6 is 0 Å². The Bertz CT molecular complexity index is 401. The van der Waals surface area contributed by atoms with Crippen molar-refractivity contribution in [2.75, 3.05) is 20.0 Å². The van der Waals surface area contributed by atoms with Crippen molar-refractivity contribution in [1.82, 2.24) is 9.55 Å². The fourth-order valence-electron chi connectivity index (χ4n) is 1.57. The summed E-state index contributed by atoms with van der Waals surface area (Å²) in [6, 6.07) is 0. The zero-order valence-electron chi connectivity index (χ0n) is 10.7. The van der Waals surface area contributed by atoms with Crippen LogP contribution in [-0.4, -0.2) is 35.8 Å². The highest BCUT2D eigenvalue weighted by atomic mass is 16.5. The average Bonchev–Trinajstić information content (AvgIpc) is 2.65. The third-order valence-corrected chi connectivity index (χ3v) is 2.62. The Morgan fingerprint density at radius 2 is 2.18 bits per heavy atom. The predicted molar refractivity (Wildman–Crippen MR) is 63.8 cm³/mol. The Labute approximate surface area is 101 Å². The molecule has 0 spiro atoms. The minimum absolute atomic E-state index is 0.00213. The van der Waals surface area contributed by atoms with Gasteiger partial charge in [0.15, 0.2) is 5.69 Å². The van der Waals surface area contributed by atoms with E-state index in [2.05, 4.69) is 9.72 Å². The maximum absolute atomic E-state index is 11.5. The molecule has 96 valence electrons. The summed E-state index contributed by atoms with van der Waals surface area (Å²) in [5.41, 5.74) is 6.08. The largest absolute Gasteiger partial charge is 0.464 e. The minimum Gasteiger partial charge on any atom is -0.464 e. The van der Waals surface area contributed by atoms with Crippen molar-refractivity contribution in [2.45, 2.75) is 32.9 Å². The van der Waals surface area contributed by atoms with E-state index in [4.69, 9.17) is 10.5 Å². The maximum atomic E-state index is 11.5. The van der Waals surface area contributed by atoms with Gasteiger partial charge >= 0.3 is 5.97 Å². The molecule has 1 aromatic heterocycles. The number of nitrogen functional groups attached to an aromatic ring is 1. The number of carbonyl (C=O) groups excluding carboxylic acids is 1. The Morgan fingerprint density at radius 1 is 1.53 bits per heavy atom. The zero-order valence-corrected chi connectivity index (χ0v) is 10.7. The molecule has 0 saturated carbocycles. The van der Waals surface area contributed by atoms with E-state index in [9.17, 15) is 4.79 Å². The van der Waals surface area contributed by atoms with Crippen molar-refractivity contribution in [3.05, 3.63) is 11.5 Å². The van der Waals surface area contributed by atoms with Gasteiger partial charge in [-0.1, -0.05) is 6.92 Å². The van der Waals surface area contributed by atoms with Crippen LogP contribution in [0, 0.1) is 0 Å². The van der Waals surface area contributed by atoms with Crippen LogP contribution in [-0.2, 0) is 22.4 Å². The lowest BCUT2D eigenvalue weighted by molar-refractivity contribution is 0.0595. The van der Waals surface area contributed by atoms with E-state index in [1.807, 2.05) is 13.8 Å². The number of nitrogens with two attached hydrogens (primary N) is 1. The first-order chi connectivity index (χ1) is 8.04. The minimum atomic E-state index is -0.513. The number of aryl methyl sites for hydroxylation is 1. The maximum Gasteiger partial charge on any atom is 0.360 e. The van der Waals surface area contributed by atoms with Crippen LogP contribution in [0.4, 0.5) is 5.82 Å². The highest BCUT2D eigenvalue weighted by Crippen LogP contribution is 2.17. The molecule has 0 bridgehead atoms. The number of anilines is 1. The molecule has 6 nitrogen and oxygen atoms in total. The van der Waals surface area contributed by atoms with Crippen molar-refractivity contribution in [3.8, 4) is 0 Å². The van der Waals surface area contributed by atoms with Crippen LogP contribution in [0.5, 0.6) is 0 Å². The van der Waals surface area contributed by atoms with Gasteiger partial charge in [-0.3, -0.25) is 0 Å². The SMILES string of the molecule is CCc1nc(C(=O)OC)c(N)n1CC(C)OC. The second kappa shape index (κ2) is 5.67. The van der Waals surface area contributed by atoms with Crippen molar-refractivity contribution >= 4 is 11.8 Å². The quantitative estimate of drug-likeness (QED) is 0.773. The number of nitrogens with zero attached hydrogens (tertiary/aromatic N) is 2. The fraction of sp³-hybridized carbons (Fsp3) is 0.636. The lowest BCUT2D eigenvalue weighted by Gasteiger charge is -2.13. The molecule has 17 heavy (non-hydrogen) atoms. The van der Waals surface area contributed by atoms with Crippen LogP contribution in [0.25, 0.3) is 0 Å². The highest BCUT2D eigenvalue weighted by Gasteiger charge is 2.21. The lowest BCUT2D eigenvalue weighted by atomic mass is 10.3. The molecule has 6 heteroatoms. The van der Waals surface area contributed by atoms with Gasteiger partial charge in [-0.2, -0.15) is 0 Å². The zero-order chi connectivity index (χ0) is 13.0. The summed E-state index contributed by atoms with van der Waals surface area (Å²) in [7, 11) is 2.94. The Morgan fingerprint density at radius 3 is 2.65 bits per heavy atom. The molecule has 1 rings (SSSR count). The van der Waals surface area contributed by atoms with Crippen LogP contribution < -0.4 is 5.73 Å². The predicted octanol–water partition coefficient (Wildman–Crippen LogP) is 0.849. The summed E-state index contributed by atoms with van der Waals surface area (Å²) in [6.07, 6.45) is 0.694. The molecule has 1 heterocycles. The number of hydrogen-bond donors (Lipinski definition) is 1. The van der Waals surface area contributed by atoms with E-state index >= 15 is 0 Å². The number of aromatic nitrogens is 2. The molecule has 1 atom stereocenters. The number of carbonyl (C=O) groups is 1. The second-order valence-corrected chi connectivity index (χ2v) is 3.76. The van der Waals surface area contributed by atoms with Crippen LogP contribution in [0.15, 0.2) is 0 Å². The molecule has 0 aromatic carbocycles. The smallest absolute Gasteiger partial charge is 0.360 e. The third kappa shape index (κ3) is 2.76. The Kier molecular flexibility index (Phi) is 4.51. The number of ether oxygens (including phenoxy) is 2. The average molecular weight is 241 g/mol. The summed E-state index contributed by atoms with van der Waals surface area (Å²) in [6.45, 7) is 4.45. The molecule has 0 amide bonds. The summed E-state index contributed by atoms with van der Waals surface area (Å²) < 4.78 is 11.6.